The molecule has 1 saturated heterocycles. The zero-order valence-corrected chi connectivity index (χ0v) is 20.3. The Morgan fingerprint density at radius 2 is 1.65 bits per heavy atom. The van der Waals surface area contributed by atoms with Crippen LogP contribution in [-0.2, 0) is 13.0 Å². The van der Waals surface area contributed by atoms with Gasteiger partial charge in [0, 0.05) is 42.9 Å². The van der Waals surface area contributed by atoms with E-state index in [1.807, 2.05) is 55.1 Å². The Kier molecular flexibility index (Phi) is 6.22. The number of nitrogens with zero attached hydrogens (tertiary/aromatic N) is 4. The van der Waals surface area contributed by atoms with Crippen molar-refractivity contribution in [2.45, 2.75) is 46.6 Å². The van der Waals surface area contributed by atoms with Crippen molar-refractivity contribution < 1.29 is 4.79 Å². The number of carbonyl (C=O) groups is 1. The highest BCUT2D eigenvalue weighted by atomic mass is 16.2. The quantitative estimate of drug-likeness (QED) is 0.559. The maximum Gasteiger partial charge on any atom is 0.322 e. The van der Waals surface area contributed by atoms with Gasteiger partial charge in [0.15, 0.2) is 5.82 Å². The van der Waals surface area contributed by atoms with Crippen molar-refractivity contribution in [2.75, 3.05) is 29.9 Å². The van der Waals surface area contributed by atoms with Crippen LogP contribution in [0.25, 0.3) is 11.4 Å². The molecule has 3 heterocycles. The van der Waals surface area contributed by atoms with Crippen molar-refractivity contribution in [3.8, 4) is 11.4 Å². The van der Waals surface area contributed by atoms with Crippen molar-refractivity contribution in [2.24, 2.45) is 5.92 Å². The second-order valence-corrected chi connectivity index (χ2v) is 9.70. The van der Waals surface area contributed by atoms with Crippen LogP contribution in [0, 0.1) is 19.8 Å². The van der Waals surface area contributed by atoms with Crippen LogP contribution in [0.4, 0.5) is 16.3 Å². The minimum absolute atomic E-state index is 0.0617. The largest absolute Gasteiger partial charge is 0.356 e. The SMILES string of the molecule is Cc1cccc(C)c1NC(=O)N1CCc2nc(-c3ccccc3)nc(N3CCC(C)CC3)c2C1. The topological polar surface area (TPSA) is 61.4 Å². The number of aromatic nitrogens is 2. The summed E-state index contributed by atoms with van der Waals surface area (Å²) in [6.07, 6.45) is 3.06. The van der Waals surface area contributed by atoms with E-state index in [1.165, 1.54) is 0 Å². The van der Waals surface area contributed by atoms with Gasteiger partial charge in [-0.2, -0.15) is 0 Å². The van der Waals surface area contributed by atoms with Gasteiger partial charge in [-0.3, -0.25) is 0 Å². The van der Waals surface area contributed by atoms with Crippen molar-refractivity contribution in [3.05, 3.63) is 70.9 Å². The molecule has 0 unspecified atom stereocenters. The van der Waals surface area contributed by atoms with Crippen molar-refractivity contribution in [1.29, 1.82) is 0 Å². The van der Waals surface area contributed by atoms with Crippen LogP contribution in [0.2, 0.25) is 0 Å². The van der Waals surface area contributed by atoms with E-state index >= 15 is 0 Å². The average molecular weight is 456 g/mol. The van der Waals surface area contributed by atoms with Gasteiger partial charge < -0.3 is 15.1 Å². The Morgan fingerprint density at radius 3 is 2.35 bits per heavy atom. The van der Waals surface area contributed by atoms with E-state index in [-0.39, 0.29) is 6.03 Å². The van der Waals surface area contributed by atoms with Crippen LogP contribution < -0.4 is 10.2 Å². The number of aryl methyl sites for hydroxylation is 2. The van der Waals surface area contributed by atoms with Crippen LogP contribution in [0.1, 0.15) is 42.1 Å². The molecule has 1 N–H and O–H groups in total. The summed E-state index contributed by atoms with van der Waals surface area (Å²) in [6.45, 7) is 9.54. The molecule has 5 rings (SSSR count). The van der Waals surface area contributed by atoms with E-state index in [1.54, 1.807) is 0 Å². The molecule has 0 aliphatic carbocycles. The smallest absolute Gasteiger partial charge is 0.322 e. The highest BCUT2D eigenvalue weighted by Gasteiger charge is 2.29. The zero-order chi connectivity index (χ0) is 23.7. The summed E-state index contributed by atoms with van der Waals surface area (Å²) in [6, 6.07) is 16.2. The molecule has 2 aliphatic rings. The summed E-state index contributed by atoms with van der Waals surface area (Å²) in [5.74, 6) is 2.52. The second kappa shape index (κ2) is 9.45. The molecule has 6 heteroatoms. The fourth-order valence-corrected chi connectivity index (χ4v) is 4.97. The Morgan fingerprint density at radius 1 is 0.941 bits per heavy atom. The molecule has 2 aromatic carbocycles. The van der Waals surface area contributed by atoms with Crippen LogP contribution in [0.3, 0.4) is 0 Å². The maximum absolute atomic E-state index is 13.3. The van der Waals surface area contributed by atoms with Crippen LogP contribution in [0.5, 0.6) is 0 Å². The maximum atomic E-state index is 13.3. The number of urea groups is 1. The predicted octanol–water partition coefficient (Wildman–Crippen LogP) is 5.59. The normalized spacial score (nSPS) is 16.3. The molecule has 34 heavy (non-hydrogen) atoms. The van der Waals surface area contributed by atoms with Gasteiger partial charge in [-0.15, -0.1) is 0 Å². The lowest BCUT2D eigenvalue weighted by atomic mass is 9.98. The first-order valence-corrected chi connectivity index (χ1v) is 12.3. The summed E-state index contributed by atoms with van der Waals surface area (Å²) >= 11 is 0. The van der Waals surface area contributed by atoms with Crippen molar-refractivity contribution in [1.82, 2.24) is 14.9 Å². The number of para-hydroxylation sites is 1. The number of benzene rings is 2. The number of carbonyl (C=O) groups excluding carboxylic acids is 1. The number of hydrogen-bond acceptors (Lipinski definition) is 4. The van der Waals surface area contributed by atoms with Gasteiger partial charge in [0.2, 0.25) is 0 Å². The van der Waals surface area contributed by atoms with Gasteiger partial charge >= 0.3 is 6.03 Å². The molecule has 2 aliphatic heterocycles. The second-order valence-electron chi connectivity index (χ2n) is 9.70. The Bertz CT molecular complexity index is 1160. The standard InChI is InChI=1S/C28H33N5O/c1-19-12-15-32(16-13-19)27-23-18-33(28(34)30-25-20(2)8-7-9-21(25)3)17-14-24(23)29-26(31-27)22-10-5-4-6-11-22/h4-11,19H,12-18H2,1-3H3,(H,30,34). The first-order chi connectivity index (χ1) is 16.5. The molecule has 0 radical (unpaired) electrons. The molecule has 0 spiro atoms. The first kappa shape index (κ1) is 22.4. The highest BCUT2D eigenvalue weighted by Crippen LogP contribution is 2.32. The molecular formula is C28H33N5O. The lowest BCUT2D eigenvalue weighted by molar-refractivity contribution is 0.206. The Hall–Kier alpha value is -3.41. The van der Waals surface area contributed by atoms with Gasteiger partial charge in [0.25, 0.3) is 0 Å². The van der Waals surface area contributed by atoms with E-state index in [2.05, 4.69) is 29.3 Å². The lowest BCUT2D eigenvalue weighted by Gasteiger charge is -2.36. The third-order valence-electron chi connectivity index (χ3n) is 7.15. The van der Waals surface area contributed by atoms with Gasteiger partial charge in [-0.1, -0.05) is 55.5 Å². The van der Waals surface area contributed by atoms with Gasteiger partial charge in [-0.05, 0) is 43.7 Å². The third kappa shape index (κ3) is 4.49. The van der Waals surface area contributed by atoms with E-state index in [4.69, 9.17) is 9.97 Å². The number of anilines is 2. The summed E-state index contributed by atoms with van der Waals surface area (Å²) in [5, 5.41) is 3.15. The molecule has 0 bridgehead atoms. The average Bonchev–Trinajstić information content (AvgIpc) is 2.86. The summed E-state index contributed by atoms with van der Waals surface area (Å²) < 4.78 is 0. The van der Waals surface area contributed by atoms with Crippen LogP contribution >= 0.6 is 0 Å². The molecule has 0 atom stereocenters. The predicted molar refractivity (Wildman–Crippen MR) is 137 cm³/mol. The zero-order valence-electron chi connectivity index (χ0n) is 20.3. The van der Waals surface area contributed by atoms with Gasteiger partial charge in [0.05, 0.1) is 12.2 Å². The van der Waals surface area contributed by atoms with Crippen LogP contribution in [0.15, 0.2) is 48.5 Å². The van der Waals surface area contributed by atoms with Crippen LogP contribution in [-0.4, -0.2) is 40.5 Å². The minimum atomic E-state index is -0.0617. The molecule has 2 amide bonds. The molecule has 1 aromatic heterocycles. The summed E-state index contributed by atoms with van der Waals surface area (Å²) in [4.78, 5) is 27.6. The molecule has 6 nitrogen and oxygen atoms in total. The molecule has 1 fully saturated rings. The first-order valence-electron chi connectivity index (χ1n) is 12.3. The fraction of sp³-hybridized carbons (Fsp3) is 0.393. The Labute approximate surface area is 202 Å². The highest BCUT2D eigenvalue weighted by molar-refractivity contribution is 5.91. The number of amides is 2. The number of rotatable bonds is 3. The summed E-state index contributed by atoms with van der Waals surface area (Å²) in [7, 11) is 0. The van der Waals surface area contributed by atoms with Gasteiger partial charge in [-0.25, -0.2) is 14.8 Å². The fourth-order valence-electron chi connectivity index (χ4n) is 4.97. The van der Waals surface area contributed by atoms with Crippen molar-refractivity contribution >= 4 is 17.5 Å². The molecule has 0 saturated carbocycles. The monoisotopic (exact) mass is 455 g/mol. The number of piperidine rings is 1. The summed E-state index contributed by atoms with van der Waals surface area (Å²) in [5.41, 5.74) is 6.25. The number of nitrogens with one attached hydrogen (secondary N) is 1. The molecule has 3 aromatic rings. The Balaban J connectivity index is 1.46. The van der Waals surface area contributed by atoms with Crippen molar-refractivity contribution in [3.63, 3.8) is 0 Å². The van der Waals surface area contributed by atoms with E-state index in [9.17, 15) is 4.79 Å². The van der Waals surface area contributed by atoms with E-state index in [0.717, 1.165) is 83.5 Å². The number of fused-ring (bicyclic) bond motifs is 1. The van der Waals surface area contributed by atoms with Gasteiger partial charge in [0.1, 0.15) is 5.82 Å². The molecule has 176 valence electrons. The van der Waals surface area contributed by atoms with E-state index in [0.29, 0.717) is 13.1 Å². The number of hydrogen-bond donors (Lipinski definition) is 1. The molecular weight excluding hydrogens is 422 g/mol. The van der Waals surface area contributed by atoms with E-state index < -0.39 is 0 Å². The third-order valence-corrected chi connectivity index (χ3v) is 7.15. The lowest BCUT2D eigenvalue weighted by Crippen LogP contribution is -2.41. The minimum Gasteiger partial charge on any atom is -0.356 e.